The van der Waals surface area contributed by atoms with Crippen LogP contribution in [0.3, 0.4) is 0 Å². The molecule has 0 fully saturated rings. The Morgan fingerprint density at radius 3 is 2.17 bits per heavy atom. The van der Waals surface area contributed by atoms with E-state index in [2.05, 4.69) is 8.37 Å². The summed E-state index contributed by atoms with van der Waals surface area (Å²) in [5.41, 5.74) is 0. The number of ether oxygens (including phenoxy) is 1. The number of hydrogen-bond donors (Lipinski definition) is 0. The van der Waals surface area contributed by atoms with Crippen LogP contribution in [0.2, 0.25) is 0 Å². The van der Waals surface area contributed by atoms with Crippen molar-refractivity contribution in [3.63, 3.8) is 0 Å². The molecule has 74 valence electrons. The third-order valence-electron chi connectivity index (χ3n) is 0.922. The highest BCUT2D eigenvalue weighted by molar-refractivity contribution is 7.81. The summed E-state index contributed by atoms with van der Waals surface area (Å²) in [6.07, 6.45) is 0. The van der Waals surface area contributed by atoms with Gasteiger partial charge in [0.15, 0.2) is 0 Å². The standard InChI is InChI=1S/C6H14O5S/c1-3-9-5-6-11-12(7,8)10-4-2/h3-6H2,1-2H3. The van der Waals surface area contributed by atoms with Gasteiger partial charge in [0, 0.05) is 6.61 Å². The lowest BCUT2D eigenvalue weighted by atomic mass is 10.8. The topological polar surface area (TPSA) is 61.8 Å². The minimum Gasteiger partial charge on any atom is -0.379 e. The van der Waals surface area contributed by atoms with Crippen molar-refractivity contribution in [3.05, 3.63) is 0 Å². The van der Waals surface area contributed by atoms with E-state index in [-0.39, 0.29) is 19.8 Å². The third kappa shape index (κ3) is 6.53. The summed E-state index contributed by atoms with van der Waals surface area (Å²) in [6, 6.07) is 0. The van der Waals surface area contributed by atoms with Crippen molar-refractivity contribution in [2.24, 2.45) is 0 Å². The maximum atomic E-state index is 10.7. The maximum Gasteiger partial charge on any atom is 0.399 e. The minimum absolute atomic E-state index is 0.00380. The van der Waals surface area contributed by atoms with Crippen molar-refractivity contribution >= 4 is 10.4 Å². The van der Waals surface area contributed by atoms with Gasteiger partial charge >= 0.3 is 10.4 Å². The predicted octanol–water partition coefficient (Wildman–Crippen LogP) is 0.321. The average Bonchev–Trinajstić information content (AvgIpc) is 1.98. The highest BCUT2D eigenvalue weighted by atomic mass is 32.3. The lowest BCUT2D eigenvalue weighted by Gasteiger charge is -2.03. The lowest BCUT2D eigenvalue weighted by molar-refractivity contribution is 0.103. The lowest BCUT2D eigenvalue weighted by Crippen LogP contribution is -2.13. The fourth-order valence-electron chi connectivity index (χ4n) is 0.518. The van der Waals surface area contributed by atoms with Gasteiger partial charge in [0.2, 0.25) is 0 Å². The summed E-state index contributed by atoms with van der Waals surface area (Å²) in [7, 11) is -3.79. The Hall–Kier alpha value is -0.170. The minimum atomic E-state index is -3.79. The van der Waals surface area contributed by atoms with Gasteiger partial charge in [-0.3, -0.25) is 0 Å². The second-order valence-corrected chi connectivity index (χ2v) is 3.12. The van der Waals surface area contributed by atoms with E-state index in [1.807, 2.05) is 6.92 Å². The normalized spacial score (nSPS) is 11.8. The highest BCUT2D eigenvalue weighted by Crippen LogP contribution is 1.94. The van der Waals surface area contributed by atoms with Crippen LogP contribution >= 0.6 is 0 Å². The molecule has 0 bridgehead atoms. The van der Waals surface area contributed by atoms with Crippen LogP contribution in [0.15, 0.2) is 0 Å². The molecule has 0 rings (SSSR count). The van der Waals surface area contributed by atoms with Crippen molar-refractivity contribution in [3.8, 4) is 0 Å². The smallest absolute Gasteiger partial charge is 0.379 e. The Morgan fingerprint density at radius 1 is 1.00 bits per heavy atom. The zero-order valence-electron chi connectivity index (χ0n) is 7.28. The SMILES string of the molecule is CCOCCOS(=O)(=O)OCC. The summed E-state index contributed by atoms with van der Waals surface area (Å²) in [5, 5.41) is 0. The molecule has 0 saturated carbocycles. The molecule has 0 aliphatic heterocycles. The first-order chi connectivity index (χ1) is 5.62. The van der Waals surface area contributed by atoms with Crippen molar-refractivity contribution in [1.29, 1.82) is 0 Å². The van der Waals surface area contributed by atoms with Gasteiger partial charge in [-0.1, -0.05) is 0 Å². The molecule has 12 heavy (non-hydrogen) atoms. The first kappa shape index (κ1) is 11.8. The second kappa shape index (κ2) is 6.36. The molecule has 0 heterocycles. The number of hydrogen-bond acceptors (Lipinski definition) is 5. The van der Waals surface area contributed by atoms with Crippen LogP contribution < -0.4 is 0 Å². The molecule has 0 atom stereocenters. The Bertz CT molecular complexity index is 186. The summed E-state index contributed by atoms with van der Waals surface area (Å²) >= 11 is 0. The molecule has 0 amide bonds. The molecular weight excluding hydrogens is 184 g/mol. The van der Waals surface area contributed by atoms with Crippen LogP contribution in [-0.4, -0.2) is 34.8 Å². The molecule has 0 radical (unpaired) electrons. The van der Waals surface area contributed by atoms with Gasteiger partial charge in [0.05, 0.1) is 19.8 Å². The van der Waals surface area contributed by atoms with Crippen molar-refractivity contribution in [2.45, 2.75) is 13.8 Å². The molecular formula is C6H14O5S. The maximum absolute atomic E-state index is 10.7. The molecule has 0 aliphatic carbocycles. The first-order valence-electron chi connectivity index (χ1n) is 3.74. The van der Waals surface area contributed by atoms with Crippen LogP contribution in [0.5, 0.6) is 0 Å². The van der Waals surface area contributed by atoms with Crippen molar-refractivity contribution < 1.29 is 21.5 Å². The van der Waals surface area contributed by atoms with E-state index in [0.717, 1.165) is 0 Å². The summed E-state index contributed by atoms with van der Waals surface area (Å²) in [6.45, 7) is 4.26. The largest absolute Gasteiger partial charge is 0.399 e. The molecule has 5 nitrogen and oxygen atoms in total. The molecule has 0 saturated heterocycles. The van der Waals surface area contributed by atoms with Gasteiger partial charge in [-0.15, -0.1) is 0 Å². The van der Waals surface area contributed by atoms with Gasteiger partial charge in [-0.25, -0.2) is 8.37 Å². The van der Waals surface area contributed by atoms with E-state index in [9.17, 15) is 8.42 Å². The van der Waals surface area contributed by atoms with Crippen LogP contribution in [-0.2, 0) is 23.5 Å². The van der Waals surface area contributed by atoms with E-state index in [0.29, 0.717) is 6.61 Å². The number of rotatable bonds is 7. The van der Waals surface area contributed by atoms with Crippen LogP contribution in [0.4, 0.5) is 0 Å². The quantitative estimate of drug-likeness (QED) is 0.551. The predicted molar refractivity (Wildman–Crippen MR) is 43.0 cm³/mol. The fraction of sp³-hybridized carbons (Fsp3) is 1.00. The van der Waals surface area contributed by atoms with E-state index in [1.165, 1.54) is 0 Å². The first-order valence-corrected chi connectivity index (χ1v) is 5.07. The van der Waals surface area contributed by atoms with E-state index in [1.54, 1.807) is 6.92 Å². The van der Waals surface area contributed by atoms with E-state index < -0.39 is 10.4 Å². The highest BCUT2D eigenvalue weighted by Gasteiger charge is 2.09. The molecule has 0 aromatic carbocycles. The zero-order chi connectivity index (χ0) is 9.45. The van der Waals surface area contributed by atoms with Gasteiger partial charge in [-0.2, -0.15) is 8.42 Å². The second-order valence-electron chi connectivity index (χ2n) is 1.83. The Morgan fingerprint density at radius 2 is 1.67 bits per heavy atom. The Balaban J connectivity index is 3.48. The Kier molecular flexibility index (Phi) is 6.27. The van der Waals surface area contributed by atoms with Gasteiger partial charge in [0.1, 0.15) is 0 Å². The van der Waals surface area contributed by atoms with Crippen LogP contribution in [0.1, 0.15) is 13.8 Å². The van der Waals surface area contributed by atoms with E-state index in [4.69, 9.17) is 4.74 Å². The molecule has 0 N–H and O–H groups in total. The molecule has 0 spiro atoms. The van der Waals surface area contributed by atoms with E-state index >= 15 is 0 Å². The fourth-order valence-corrected chi connectivity index (χ4v) is 1.15. The summed E-state index contributed by atoms with van der Waals surface area (Å²) < 4.78 is 35.0. The Labute approximate surface area is 72.9 Å². The van der Waals surface area contributed by atoms with Gasteiger partial charge < -0.3 is 4.74 Å². The monoisotopic (exact) mass is 198 g/mol. The van der Waals surface area contributed by atoms with Gasteiger partial charge in [-0.05, 0) is 13.8 Å². The van der Waals surface area contributed by atoms with Gasteiger partial charge in [0.25, 0.3) is 0 Å². The zero-order valence-corrected chi connectivity index (χ0v) is 8.09. The summed E-state index contributed by atoms with van der Waals surface area (Å²) in [5.74, 6) is 0. The van der Waals surface area contributed by atoms with Crippen molar-refractivity contribution in [2.75, 3.05) is 26.4 Å². The molecule has 0 unspecified atom stereocenters. The summed E-state index contributed by atoms with van der Waals surface area (Å²) in [4.78, 5) is 0. The third-order valence-corrected chi connectivity index (χ3v) is 1.90. The average molecular weight is 198 g/mol. The molecule has 0 aromatic rings. The molecule has 6 heteroatoms. The van der Waals surface area contributed by atoms with Crippen molar-refractivity contribution in [1.82, 2.24) is 0 Å². The van der Waals surface area contributed by atoms with Crippen LogP contribution in [0, 0.1) is 0 Å². The molecule has 0 aromatic heterocycles. The molecule has 0 aliphatic rings. The van der Waals surface area contributed by atoms with Crippen LogP contribution in [0.25, 0.3) is 0 Å².